The Kier molecular flexibility index (Phi) is 40.4. The highest BCUT2D eigenvalue weighted by Crippen LogP contribution is 2.21. The summed E-state index contributed by atoms with van der Waals surface area (Å²) in [6.45, 7) is 10.6. The van der Waals surface area contributed by atoms with Crippen molar-refractivity contribution in [3.05, 3.63) is 0 Å². The Balaban J connectivity index is 4.67. The van der Waals surface area contributed by atoms with Gasteiger partial charge in [0.25, 0.3) is 0 Å². The summed E-state index contributed by atoms with van der Waals surface area (Å²) in [5, 5.41) is 0. The van der Waals surface area contributed by atoms with Gasteiger partial charge in [0.1, 0.15) is 10.1 Å². The molecule has 52 heavy (non-hydrogen) atoms. The van der Waals surface area contributed by atoms with Crippen molar-refractivity contribution in [1.29, 1.82) is 0 Å². The van der Waals surface area contributed by atoms with Gasteiger partial charge in [0.2, 0.25) is 0 Å². The van der Waals surface area contributed by atoms with Crippen LogP contribution in [0, 0.1) is 0 Å². The number of nitrogens with zero attached hydrogens (tertiary/aromatic N) is 1. The molecule has 0 aromatic rings. The number of rotatable bonds is 45. The molecular formula is C47H97NO3S. The van der Waals surface area contributed by atoms with Crippen LogP contribution in [0.3, 0.4) is 0 Å². The summed E-state index contributed by atoms with van der Waals surface area (Å²) >= 11 is 0. The first-order valence-corrected chi connectivity index (χ1v) is 25.8. The van der Waals surface area contributed by atoms with E-state index in [1.807, 2.05) is 0 Å². The lowest BCUT2D eigenvalue weighted by molar-refractivity contribution is -0.926. The first kappa shape index (κ1) is 51.9. The lowest BCUT2D eigenvalue weighted by Gasteiger charge is -2.40. The molecule has 314 valence electrons. The van der Waals surface area contributed by atoms with Gasteiger partial charge in [-0.05, 0) is 38.5 Å². The van der Waals surface area contributed by atoms with Crippen molar-refractivity contribution >= 4 is 10.1 Å². The molecule has 5 heteroatoms. The van der Waals surface area contributed by atoms with Gasteiger partial charge >= 0.3 is 0 Å². The van der Waals surface area contributed by atoms with E-state index in [0.29, 0.717) is 6.54 Å². The minimum atomic E-state index is -4.19. The maximum atomic E-state index is 11.9. The lowest BCUT2D eigenvalue weighted by atomic mass is 10.0. The largest absolute Gasteiger partial charge is 0.748 e. The minimum absolute atomic E-state index is 0.192. The fourth-order valence-corrected chi connectivity index (χ4v) is 8.98. The van der Waals surface area contributed by atoms with E-state index in [1.165, 1.54) is 250 Å². The van der Waals surface area contributed by atoms with E-state index in [0.717, 1.165) is 24.1 Å². The molecule has 0 aromatic carbocycles. The summed E-state index contributed by atoms with van der Waals surface area (Å²) in [5.74, 6) is -0.192. The van der Waals surface area contributed by atoms with E-state index < -0.39 is 10.1 Å². The molecular weight excluding hydrogens is 659 g/mol. The normalized spacial score (nSPS) is 12.3. The molecule has 0 aliphatic heterocycles. The van der Waals surface area contributed by atoms with Gasteiger partial charge in [0.05, 0.1) is 31.9 Å². The minimum Gasteiger partial charge on any atom is -0.748 e. The third-order valence-corrected chi connectivity index (χ3v) is 12.7. The molecule has 0 bridgehead atoms. The van der Waals surface area contributed by atoms with Crippen LogP contribution in [0.1, 0.15) is 271 Å². The van der Waals surface area contributed by atoms with E-state index in [9.17, 15) is 13.0 Å². The van der Waals surface area contributed by atoms with Gasteiger partial charge in [0, 0.05) is 0 Å². The zero-order chi connectivity index (χ0) is 38.1. The molecule has 0 rings (SSSR count). The van der Waals surface area contributed by atoms with E-state index in [-0.39, 0.29) is 5.75 Å². The second-order valence-corrected chi connectivity index (χ2v) is 18.7. The van der Waals surface area contributed by atoms with Crippen molar-refractivity contribution in [2.75, 3.05) is 31.9 Å². The van der Waals surface area contributed by atoms with Crippen molar-refractivity contribution in [2.45, 2.75) is 271 Å². The molecule has 0 aromatic heterocycles. The smallest absolute Gasteiger partial charge is 0.100 e. The third-order valence-electron chi connectivity index (χ3n) is 12.0. The van der Waals surface area contributed by atoms with Gasteiger partial charge in [-0.15, -0.1) is 0 Å². The van der Waals surface area contributed by atoms with E-state index >= 15 is 0 Å². The number of hydrogen-bond acceptors (Lipinski definition) is 3. The van der Waals surface area contributed by atoms with Crippen LogP contribution in [-0.2, 0) is 10.1 Å². The molecule has 0 aliphatic carbocycles. The molecule has 0 saturated carbocycles. The highest BCUT2D eigenvalue weighted by atomic mass is 32.2. The van der Waals surface area contributed by atoms with Crippen LogP contribution in [0.25, 0.3) is 0 Å². The first-order chi connectivity index (χ1) is 25.4. The van der Waals surface area contributed by atoms with Gasteiger partial charge in [-0.3, -0.25) is 0 Å². The standard InChI is InChI=1S/C47H97NO3S/c1-4-7-10-13-16-19-22-25-28-31-34-37-40-43-48(46-47-52(49,50)51,44-41-38-35-32-29-26-23-20-17-14-11-8-5-2)45-42-39-36-33-30-27-24-21-18-15-12-9-6-3/h4-47H2,1-3H3. The zero-order valence-electron chi connectivity index (χ0n) is 36.2. The third kappa shape index (κ3) is 39.6. The number of hydrogen-bond donors (Lipinski definition) is 0. The molecule has 0 saturated heterocycles. The maximum absolute atomic E-state index is 11.9. The topological polar surface area (TPSA) is 57.2 Å². The lowest BCUT2D eigenvalue weighted by Crippen LogP contribution is -2.52. The second-order valence-electron chi connectivity index (χ2n) is 17.2. The highest BCUT2D eigenvalue weighted by Gasteiger charge is 2.27. The Bertz CT molecular complexity index is 711. The molecule has 0 aliphatic rings. The molecule has 0 amide bonds. The van der Waals surface area contributed by atoms with Crippen molar-refractivity contribution < 1.29 is 17.5 Å². The Hall–Kier alpha value is -0.130. The molecule has 0 spiro atoms. The van der Waals surface area contributed by atoms with E-state index in [2.05, 4.69) is 20.8 Å². The van der Waals surface area contributed by atoms with Crippen LogP contribution in [0.2, 0.25) is 0 Å². The zero-order valence-corrected chi connectivity index (χ0v) is 37.0. The average molecular weight is 756 g/mol. The summed E-state index contributed by atoms with van der Waals surface area (Å²) in [4.78, 5) is 0. The van der Waals surface area contributed by atoms with Crippen LogP contribution < -0.4 is 0 Å². The van der Waals surface area contributed by atoms with Crippen molar-refractivity contribution in [2.24, 2.45) is 0 Å². The molecule has 0 fully saturated rings. The molecule has 0 radical (unpaired) electrons. The Morgan fingerprint density at radius 2 is 0.462 bits per heavy atom. The van der Waals surface area contributed by atoms with Gasteiger partial charge < -0.3 is 9.04 Å². The number of quaternary nitrogens is 1. The summed E-state index contributed by atoms with van der Waals surface area (Å²) < 4.78 is 36.5. The van der Waals surface area contributed by atoms with Crippen molar-refractivity contribution in [3.8, 4) is 0 Å². The van der Waals surface area contributed by atoms with Crippen LogP contribution >= 0.6 is 0 Å². The summed E-state index contributed by atoms with van der Waals surface area (Å²) in [6.07, 6.45) is 52.7. The van der Waals surface area contributed by atoms with Crippen LogP contribution in [0.4, 0.5) is 0 Å². The summed E-state index contributed by atoms with van der Waals surface area (Å²) in [7, 11) is -4.19. The predicted molar refractivity (Wildman–Crippen MR) is 231 cm³/mol. The summed E-state index contributed by atoms with van der Waals surface area (Å²) in [6, 6.07) is 0. The molecule has 0 N–H and O–H groups in total. The van der Waals surface area contributed by atoms with Gasteiger partial charge in [0.15, 0.2) is 0 Å². The van der Waals surface area contributed by atoms with Gasteiger partial charge in [-0.1, -0.05) is 233 Å². The SMILES string of the molecule is CCCCCCCCCCCCCCC[N+](CCCCCCCCCCCCCCC)(CCCCCCCCCCCCCCC)CCS(=O)(=O)[O-]. The van der Waals surface area contributed by atoms with E-state index in [4.69, 9.17) is 0 Å². The van der Waals surface area contributed by atoms with Crippen molar-refractivity contribution in [3.63, 3.8) is 0 Å². The quantitative estimate of drug-likeness (QED) is 0.0353. The Morgan fingerprint density at radius 1 is 0.288 bits per heavy atom. The molecule has 0 heterocycles. The fourth-order valence-electron chi connectivity index (χ4n) is 8.37. The van der Waals surface area contributed by atoms with Gasteiger partial charge in [-0.25, -0.2) is 8.42 Å². The van der Waals surface area contributed by atoms with Crippen molar-refractivity contribution in [1.82, 2.24) is 0 Å². The van der Waals surface area contributed by atoms with Gasteiger partial charge in [-0.2, -0.15) is 0 Å². The fraction of sp³-hybridized carbons (Fsp3) is 1.00. The first-order valence-electron chi connectivity index (χ1n) is 24.2. The van der Waals surface area contributed by atoms with Crippen LogP contribution in [-0.4, -0.2) is 49.4 Å². The van der Waals surface area contributed by atoms with E-state index in [1.54, 1.807) is 0 Å². The molecule has 0 atom stereocenters. The van der Waals surface area contributed by atoms with Crippen LogP contribution in [0.5, 0.6) is 0 Å². The second kappa shape index (κ2) is 40.5. The monoisotopic (exact) mass is 756 g/mol. The van der Waals surface area contributed by atoms with Crippen LogP contribution in [0.15, 0.2) is 0 Å². The highest BCUT2D eigenvalue weighted by molar-refractivity contribution is 7.85. The molecule has 4 nitrogen and oxygen atoms in total. The number of unbranched alkanes of at least 4 members (excludes halogenated alkanes) is 36. The molecule has 0 unspecified atom stereocenters. The Morgan fingerprint density at radius 3 is 0.635 bits per heavy atom. The predicted octanol–water partition coefficient (Wildman–Crippen LogP) is 15.6. The Labute approximate surface area is 329 Å². The maximum Gasteiger partial charge on any atom is 0.100 e. The summed E-state index contributed by atoms with van der Waals surface area (Å²) in [5.41, 5.74) is 0. The average Bonchev–Trinajstić information content (AvgIpc) is 3.12.